The van der Waals surface area contributed by atoms with Gasteiger partial charge in [0, 0.05) is 37.7 Å². The molecule has 2 fully saturated rings. The lowest BCUT2D eigenvalue weighted by molar-refractivity contribution is -0.126. The molecule has 0 aliphatic carbocycles. The highest BCUT2D eigenvalue weighted by Crippen LogP contribution is 2.31. The van der Waals surface area contributed by atoms with Crippen LogP contribution in [-0.2, 0) is 4.79 Å². The first-order chi connectivity index (χ1) is 16.4. The zero-order chi connectivity index (χ0) is 24.1. The maximum atomic E-state index is 13.2. The van der Waals surface area contributed by atoms with E-state index in [2.05, 4.69) is 46.4 Å². The summed E-state index contributed by atoms with van der Waals surface area (Å²) in [7, 11) is 0. The van der Waals surface area contributed by atoms with E-state index in [0.29, 0.717) is 19.0 Å². The van der Waals surface area contributed by atoms with Gasteiger partial charge in [-0.3, -0.25) is 9.59 Å². The summed E-state index contributed by atoms with van der Waals surface area (Å²) >= 11 is 1.48. The zero-order valence-electron chi connectivity index (χ0n) is 20.8. The van der Waals surface area contributed by atoms with Crippen LogP contribution in [0.5, 0.6) is 0 Å². The fourth-order valence-electron chi connectivity index (χ4n) is 5.06. The van der Waals surface area contributed by atoms with Crippen LogP contribution in [0.2, 0.25) is 0 Å². The van der Waals surface area contributed by atoms with Crippen molar-refractivity contribution in [1.82, 2.24) is 20.1 Å². The van der Waals surface area contributed by atoms with Gasteiger partial charge in [-0.25, -0.2) is 4.98 Å². The Balaban J connectivity index is 1.26. The van der Waals surface area contributed by atoms with Crippen molar-refractivity contribution in [2.45, 2.75) is 52.9 Å². The molecule has 1 atom stereocenters. The van der Waals surface area contributed by atoms with Crippen LogP contribution in [0.4, 0.5) is 0 Å². The molecule has 0 spiro atoms. The van der Waals surface area contributed by atoms with Gasteiger partial charge in [0.25, 0.3) is 5.91 Å². The molecule has 1 N–H and O–H groups in total. The van der Waals surface area contributed by atoms with Gasteiger partial charge in [-0.15, -0.1) is 11.3 Å². The van der Waals surface area contributed by atoms with E-state index in [1.165, 1.54) is 36.2 Å². The van der Waals surface area contributed by atoms with E-state index >= 15 is 0 Å². The van der Waals surface area contributed by atoms with Crippen LogP contribution in [0.1, 0.15) is 60.0 Å². The second-order valence-corrected chi connectivity index (χ2v) is 10.9. The number of rotatable bonds is 7. The fraction of sp³-hybridized carbons (Fsp3) is 0.593. The van der Waals surface area contributed by atoms with Gasteiger partial charge in [-0.1, -0.05) is 43.2 Å². The van der Waals surface area contributed by atoms with Crippen molar-refractivity contribution in [3.63, 3.8) is 0 Å². The minimum Gasteiger partial charge on any atom is -0.355 e. The van der Waals surface area contributed by atoms with Crippen molar-refractivity contribution in [1.29, 1.82) is 0 Å². The quantitative estimate of drug-likeness (QED) is 0.630. The third-order valence-electron chi connectivity index (χ3n) is 7.41. The molecule has 2 aromatic rings. The largest absolute Gasteiger partial charge is 0.355 e. The molecule has 2 aliphatic rings. The van der Waals surface area contributed by atoms with Gasteiger partial charge in [0.2, 0.25) is 5.91 Å². The number of carbonyl (C=O) groups is 2. The van der Waals surface area contributed by atoms with E-state index in [0.717, 1.165) is 60.2 Å². The molecule has 1 aromatic carbocycles. The van der Waals surface area contributed by atoms with Crippen LogP contribution in [0.3, 0.4) is 0 Å². The van der Waals surface area contributed by atoms with Crippen LogP contribution in [0.25, 0.3) is 10.6 Å². The van der Waals surface area contributed by atoms with Crippen LogP contribution in [-0.4, -0.2) is 65.9 Å². The highest BCUT2D eigenvalue weighted by molar-refractivity contribution is 7.17. The average molecular weight is 483 g/mol. The molecule has 0 saturated carbocycles. The molecule has 0 bridgehead atoms. The predicted octanol–water partition coefficient (Wildman–Crippen LogP) is 4.52. The van der Waals surface area contributed by atoms with Crippen LogP contribution < -0.4 is 5.32 Å². The van der Waals surface area contributed by atoms with Crippen molar-refractivity contribution >= 4 is 23.2 Å². The van der Waals surface area contributed by atoms with Crippen molar-refractivity contribution in [3.05, 3.63) is 40.4 Å². The van der Waals surface area contributed by atoms with E-state index in [9.17, 15) is 9.59 Å². The summed E-state index contributed by atoms with van der Waals surface area (Å²) in [6.45, 7) is 11.4. The summed E-state index contributed by atoms with van der Waals surface area (Å²) in [5, 5.41) is 4.04. The van der Waals surface area contributed by atoms with Crippen molar-refractivity contribution in [2.24, 2.45) is 11.8 Å². The summed E-state index contributed by atoms with van der Waals surface area (Å²) in [6, 6.07) is 8.27. The Morgan fingerprint density at radius 2 is 1.74 bits per heavy atom. The molecule has 3 heterocycles. The minimum atomic E-state index is -0.0168. The lowest BCUT2D eigenvalue weighted by Crippen LogP contribution is -2.44. The van der Waals surface area contributed by atoms with Gasteiger partial charge in [0.1, 0.15) is 9.88 Å². The molecule has 2 aliphatic heterocycles. The second-order valence-electron chi connectivity index (χ2n) is 9.91. The summed E-state index contributed by atoms with van der Waals surface area (Å²) in [6.07, 6.45) is 5.62. The summed E-state index contributed by atoms with van der Waals surface area (Å²) in [5.41, 5.74) is 3.06. The molecule has 7 heteroatoms. The average Bonchev–Trinajstić information content (AvgIpc) is 3.25. The third kappa shape index (κ3) is 6.05. The first-order valence-electron chi connectivity index (χ1n) is 12.8. The molecule has 1 aromatic heterocycles. The normalized spacial score (nSPS) is 18.6. The molecule has 0 unspecified atom stereocenters. The highest BCUT2D eigenvalue weighted by Gasteiger charge is 2.31. The smallest absolute Gasteiger partial charge is 0.265 e. The molecule has 34 heavy (non-hydrogen) atoms. The first-order valence-corrected chi connectivity index (χ1v) is 13.6. The van der Waals surface area contributed by atoms with Crippen LogP contribution in [0, 0.1) is 25.7 Å². The zero-order valence-corrected chi connectivity index (χ0v) is 21.6. The van der Waals surface area contributed by atoms with E-state index in [1.54, 1.807) is 0 Å². The van der Waals surface area contributed by atoms with Crippen molar-refractivity contribution in [3.8, 4) is 10.6 Å². The van der Waals surface area contributed by atoms with Gasteiger partial charge in [-0.05, 0) is 58.5 Å². The number of thiazole rings is 1. The summed E-state index contributed by atoms with van der Waals surface area (Å²) < 4.78 is 0. The molecule has 6 nitrogen and oxygen atoms in total. The lowest BCUT2D eigenvalue weighted by Gasteiger charge is -2.34. The standard InChI is InChI=1S/C27H38N4O2S/c1-19-7-9-23(10-8-19)26-29-21(3)24(34-26)27(33)31-16-11-22(12-17-31)20(2)25(32)28-13-18-30-14-5-4-6-15-30/h7-10,20,22H,4-6,11-18H2,1-3H3,(H,28,32)/t20-/m0/s1. The van der Waals surface area contributed by atoms with Crippen LogP contribution >= 0.6 is 11.3 Å². The van der Waals surface area contributed by atoms with Gasteiger partial charge in [0.15, 0.2) is 0 Å². The van der Waals surface area contributed by atoms with E-state index in [4.69, 9.17) is 0 Å². The number of amides is 2. The highest BCUT2D eigenvalue weighted by atomic mass is 32.1. The molecule has 184 valence electrons. The van der Waals surface area contributed by atoms with Gasteiger partial charge < -0.3 is 15.1 Å². The number of nitrogens with zero attached hydrogens (tertiary/aromatic N) is 3. The molecule has 4 rings (SSSR count). The van der Waals surface area contributed by atoms with Crippen molar-refractivity contribution < 1.29 is 9.59 Å². The third-order valence-corrected chi connectivity index (χ3v) is 8.61. The molecular formula is C27H38N4O2S. The van der Waals surface area contributed by atoms with Gasteiger partial charge in [0.05, 0.1) is 5.69 Å². The number of aromatic nitrogens is 1. The Morgan fingerprint density at radius 3 is 2.41 bits per heavy atom. The Labute approximate surface area is 207 Å². The summed E-state index contributed by atoms with van der Waals surface area (Å²) in [5.74, 6) is 0.537. The number of benzene rings is 1. The predicted molar refractivity (Wildman–Crippen MR) is 138 cm³/mol. The molecule has 2 amide bonds. The minimum absolute atomic E-state index is 0.0168. The van der Waals surface area contributed by atoms with Gasteiger partial charge in [-0.2, -0.15) is 0 Å². The number of carbonyl (C=O) groups excluding carboxylic acids is 2. The molecular weight excluding hydrogens is 444 g/mol. The number of hydrogen-bond acceptors (Lipinski definition) is 5. The Hall–Kier alpha value is -2.25. The topological polar surface area (TPSA) is 65.5 Å². The maximum absolute atomic E-state index is 13.2. The van der Waals surface area contributed by atoms with E-state index in [-0.39, 0.29) is 17.7 Å². The number of piperidine rings is 2. The maximum Gasteiger partial charge on any atom is 0.265 e. The molecule has 0 radical (unpaired) electrons. The lowest BCUT2D eigenvalue weighted by atomic mass is 9.85. The van der Waals surface area contributed by atoms with Crippen LogP contribution in [0.15, 0.2) is 24.3 Å². The number of hydrogen-bond donors (Lipinski definition) is 1. The second kappa shape index (κ2) is 11.5. The Bertz CT molecular complexity index is 973. The number of aryl methyl sites for hydroxylation is 2. The van der Waals surface area contributed by atoms with Crippen molar-refractivity contribution in [2.75, 3.05) is 39.3 Å². The SMILES string of the molecule is Cc1ccc(-c2nc(C)c(C(=O)N3CCC([C@H](C)C(=O)NCCN4CCCCC4)CC3)s2)cc1. The first kappa shape index (κ1) is 24.9. The van der Waals surface area contributed by atoms with Gasteiger partial charge >= 0.3 is 0 Å². The van der Waals surface area contributed by atoms with E-state index in [1.807, 2.05) is 18.7 Å². The molecule has 2 saturated heterocycles. The summed E-state index contributed by atoms with van der Waals surface area (Å²) in [4.78, 5) is 35.7. The fourth-order valence-corrected chi connectivity index (χ4v) is 6.10. The Morgan fingerprint density at radius 1 is 1.06 bits per heavy atom. The monoisotopic (exact) mass is 482 g/mol. The Kier molecular flexibility index (Phi) is 8.37. The number of likely N-dealkylation sites (tertiary alicyclic amines) is 2. The van der Waals surface area contributed by atoms with E-state index < -0.39 is 0 Å². The number of nitrogens with one attached hydrogen (secondary N) is 1.